The van der Waals surface area contributed by atoms with E-state index in [0.717, 1.165) is 30.1 Å². The molecule has 142 valence electrons. The maximum atomic E-state index is 14.9. The van der Waals surface area contributed by atoms with Crippen molar-refractivity contribution in [2.45, 2.75) is 30.8 Å². The van der Waals surface area contributed by atoms with Crippen molar-refractivity contribution < 1.29 is 18.0 Å². The van der Waals surface area contributed by atoms with Crippen LogP contribution in [0.2, 0.25) is 0 Å². The largest absolute Gasteiger partial charge is 0.379 e. The molecule has 3 atom stereocenters. The maximum absolute atomic E-state index is 14.9. The number of thioether (sulfide) groups is 1. The molecule has 3 rings (SSSR count). The summed E-state index contributed by atoms with van der Waals surface area (Å²) in [5.74, 6) is -1.84. The molecule has 0 saturated heterocycles. The van der Waals surface area contributed by atoms with Gasteiger partial charge in [-0.15, -0.1) is 0 Å². The minimum absolute atomic E-state index is 0.0122. The summed E-state index contributed by atoms with van der Waals surface area (Å²) in [5, 5.41) is 2.20. The normalized spacial score (nSPS) is 25.0. The Hall–Kier alpha value is -2.55. The van der Waals surface area contributed by atoms with Crippen molar-refractivity contribution in [1.82, 2.24) is 4.98 Å². The molecule has 27 heavy (non-hydrogen) atoms. The van der Waals surface area contributed by atoms with E-state index in [0.29, 0.717) is 0 Å². The quantitative estimate of drug-likeness (QED) is 0.833. The summed E-state index contributed by atoms with van der Waals surface area (Å²) < 4.78 is 42.3. The molecule has 3 N–H and O–H groups in total. The molecule has 1 aliphatic heterocycles. The van der Waals surface area contributed by atoms with Gasteiger partial charge in [0.15, 0.2) is 5.17 Å². The van der Waals surface area contributed by atoms with Gasteiger partial charge in [-0.25, -0.2) is 23.1 Å². The van der Waals surface area contributed by atoms with E-state index in [9.17, 15) is 18.0 Å². The third-order valence-corrected chi connectivity index (χ3v) is 5.27. The number of nitrogens with zero attached hydrogens (tertiary/aromatic N) is 2. The number of hydrogen-bond acceptors (Lipinski definition) is 5. The Balaban J connectivity index is 1.94. The highest BCUT2D eigenvalue weighted by Crippen LogP contribution is 2.42. The molecule has 1 aromatic heterocycles. The lowest BCUT2D eigenvalue weighted by Crippen LogP contribution is -2.44. The number of amides is 1. The average Bonchev–Trinajstić information content (AvgIpc) is 2.61. The SMILES string of the molecule is C[C@H]1SC(N)=N[C@](C)(c2cc(NC(=O)c3ccc(F)cn3)ccc2F)[C@H]1F. The number of benzene rings is 1. The summed E-state index contributed by atoms with van der Waals surface area (Å²) in [6.07, 6.45) is -0.563. The first-order valence-corrected chi connectivity index (χ1v) is 8.97. The smallest absolute Gasteiger partial charge is 0.274 e. The number of nitrogens with two attached hydrogens (primary N) is 1. The van der Waals surface area contributed by atoms with Crippen LogP contribution < -0.4 is 11.1 Å². The van der Waals surface area contributed by atoms with Crippen LogP contribution >= 0.6 is 11.8 Å². The van der Waals surface area contributed by atoms with Crippen LogP contribution in [0.4, 0.5) is 18.9 Å². The second-order valence-electron chi connectivity index (χ2n) is 6.33. The number of carbonyl (C=O) groups is 1. The first-order chi connectivity index (χ1) is 12.7. The van der Waals surface area contributed by atoms with E-state index >= 15 is 0 Å². The molecule has 0 bridgehead atoms. The molecule has 0 saturated carbocycles. The topological polar surface area (TPSA) is 80.4 Å². The van der Waals surface area contributed by atoms with Crippen molar-refractivity contribution in [3.05, 3.63) is 59.4 Å². The predicted octanol–water partition coefficient (Wildman–Crippen LogP) is 3.62. The van der Waals surface area contributed by atoms with E-state index in [1.54, 1.807) is 6.92 Å². The number of alkyl halides is 1. The number of aromatic nitrogens is 1. The van der Waals surface area contributed by atoms with Crippen molar-refractivity contribution in [2.24, 2.45) is 10.7 Å². The van der Waals surface area contributed by atoms with E-state index in [1.165, 1.54) is 25.1 Å². The van der Waals surface area contributed by atoms with Crippen LogP contribution in [0.15, 0.2) is 41.5 Å². The molecule has 9 heteroatoms. The van der Waals surface area contributed by atoms with Crippen molar-refractivity contribution in [2.75, 3.05) is 5.32 Å². The zero-order valence-corrected chi connectivity index (χ0v) is 15.4. The number of nitrogens with one attached hydrogen (secondary N) is 1. The lowest BCUT2D eigenvalue weighted by molar-refractivity contribution is 0.102. The van der Waals surface area contributed by atoms with E-state index in [-0.39, 0.29) is 22.1 Å². The molecule has 0 unspecified atom stereocenters. The molecule has 5 nitrogen and oxygen atoms in total. The molecule has 0 aliphatic carbocycles. The van der Waals surface area contributed by atoms with Gasteiger partial charge in [0, 0.05) is 16.5 Å². The molecule has 0 fully saturated rings. The molecule has 1 amide bonds. The molecule has 2 heterocycles. The fourth-order valence-electron chi connectivity index (χ4n) is 2.93. The summed E-state index contributed by atoms with van der Waals surface area (Å²) in [6.45, 7) is 3.12. The maximum Gasteiger partial charge on any atom is 0.274 e. The number of carbonyl (C=O) groups excluding carboxylic acids is 1. The van der Waals surface area contributed by atoms with Gasteiger partial charge in [0.2, 0.25) is 0 Å². The fraction of sp³-hybridized carbons (Fsp3) is 0.278. The van der Waals surface area contributed by atoms with Gasteiger partial charge in [-0.1, -0.05) is 11.8 Å². The van der Waals surface area contributed by atoms with Crippen LogP contribution in [0, 0.1) is 11.6 Å². The monoisotopic (exact) mass is 394 g/mol. The standard InChI is InChI=1S/C18H17F3N4OS/c1-9-15(21)18(2,25-17(22)27-9)12-7-11(4-5-13(12)20)24-16(26)14-6-3-10(19)8-23-14/h3-9,15H,1-2H3,(H2,22,25)(H,24,26)/t9-,15+,18-/m1/s1. The second kappa shape index (κ2) is 7.22. The number of pyridine rings is 1. The van der Waals surface area contributed by atoms with Gasteiger partial charge in [-0.2, -0.15) is 0 Å². The third kappa shape index (κ3) is 3.78. The number of hydrogen-bond donors (Lipinski definition) is 2. The first-order valence-electron chi connectivity index (χ1n) is 8.09. The van der Waals surface area contributed by atoms with Crippen LogP contribution in [0.3, 0.4) is 0 Å². The van der Waals surface area contributed by atoms with Crippen LogP contribution in [0.25, 0.3) is 0 Å². The van der Waals surface area contributed by atoms with Crippen LogP contribution in [0.1, 0.15) is 29.9 Å². The van der Waals surface area contributed by atoms with Gasteiger partial charge in [0.25, 0.3) is 5.91 Å². The highest BCUT2D eigenvalue weighted by atomic mass is 32.2. The minimum atomic E-state index is -1.52. The van der Waals surface area contributed by atoms with Crippen molar-refractivity contribution >= 4 is 28.5 Å². The Bertz CT molecular complexity index is 906. The first kappa shape index (κ1) is 19.2. The summed E-state index contributed by atoms with van der Waals surface area (Å²) in [6, 6.07) is 6.11. The number of amidine groups is 1. The lowest BCUT2D eigenvalue weighted by Gasteiger charge is -2.37. The van der Waals surface area contributed by atoms with Crippen LogP contribution in [0.5, 0.6) is 0 Å². The van der Waals surface area contributed by atoms with Gasteiger partial charge in [-0.3, -0.25) is 4.79 Å². The van der Waals surface area contributed by atoms with Crippen LogP contribution in [-0.4, -0.2) is 27.5 Å². The van der Waals surface area contributed by atoms with E-state index in [4.69, 9.17) is 5.73 Å². The van der Waals surface area contributed by atoms with Gasteiger partial charge in [0.1, 0.15) is 29.0 Å². The predicted molar refractivity (Wildman–Crippen MR) is 99.5 cm³/mol. The molecule has 0 spiro atoms. The van der Waals surface area contributed by atoms with Gasteiger partial charge < -0.3 is 11.1 Å². The number of aliphatic imine (C=N–C) groups is 1. The lowest BCUT2D eigenvalue weighted by atomic mass is 9.85. The van der Waals surface area contributed by atoms with Crippen molar-refractivity contribution in [3.8, 4) is 0 Å². The Kier molecular flexibility index (Phi) is 5.14. The Morgan fingerprint density at radius 1 is 1.30 bits per heavy atom. The third-order valence-electron chi connectivity index (χ3n) is 4.33. The number of halogens is 3. The summed E-state index contributed by atoms with van der Waals surface area (Å²) in [7, 11) is 0. The number of rotatable bonds is 3. The fourth-order valence-corrected chi connectivity index (χ4v) is 3.94. The van der Waals surface area contributed by atoms with Crippen molar-refractivity contribution in [3.63, 3.8) is 0 Å². The van der Waals surface area contributed by atoms with E-state index in [1.807, 2.05) is 0 Å². The average molecular weight is 394 g/mol. The number of anilines is 1. The van der Waals surface area contributed by atoms with Crippen molar-refractivity contribution in [1.29, 1.82) is 0 Å². The Morgan fingerprint density at radius 3 is 2.70 bits per heavy atom. The van der Waals surface area contributed by atoms with E-state index < -0.39 is 34.5 Å². The molecule has 0 radical (unpaired) electrons. The molecule has 2 aromatic rings. The molecular weight excluding hydrogens is 377 g/mol. The van der Waals surface area contributed by atoms with Crippen LogP contribution in [-0.2, 0) is 5.54 Å². The van der Waals surface area contributed by atoms with E-state index in [2.05, 4.69) is 15.3 Å². The van der Waals surface area contributed by atoms with Gasteiger partial charge in [-0.05, 0) is 44.2 Å². The zero-order chi connectivity index (χ0) is 19.8. The minimum Gasteiger partial charge on any atom is -0.379 e. The molecule has 1 aromatic carbocycles. The molecular formula is C18H17F3N4OS. The summed E-state index contributed by atoms with van der Waals surface area (Å²) in [4.78, 5) is 20.1. The van der Waals surface area contributed by atoms with Gasteiger partial charge in [0.05, 0.1) is 6.20 Å². The Labute approximate surface area is 158 Å². The second-order valence-corrected chi connectivity index (χ2v) is 7.73. The highest BCUT2D eigenvalue weighted by molar-refractivity contribution is 8.14. The Morgan fingerprint density at radius 2 is 2.04 bits per heavy atom. The summed E-state index contributed by atoms with van der Waals surface area (Å²) >= 11 is 1.09. The molecule has 1 aliphatic rings. The highest BCUT2D eigenvalue weighted by Gasteiger charge is 2.45. The summed E-state index contributed by atoms with van der Waals surface area (Å²) in [5.41, 5.74) is 4.45. The zero-order valence-electron chi connectivity index (χ0n) is 14.5. The van der Waals surface area contributed by atoms with Gasteiger partial charge >= 0.3 is 0 Å².